The Morgan fingerprint density at radius 3 is 1.87 bits per heavy atom. The van der Waals surface area contributed by atoms with E-state index in [0.29, 0.717) is 18.7 Å². The summed E-state index contributed by atoms with van der Waals surface area (Å²) in [5, 5.41) is 25.1. The third-order valence-electron chi connectivity index (χ3n) is 3.69. The summed E-state index contributed by atoms with van der Waals surface area (Å²) in [5.41, 5.74) is 1.88. The average Bonchev–Trinajstić information content (AvgIpc) is 2.72. The Bertz CT molecular complexity index is 807. The summed E-state index contributed by atoms with van der Waals surface area (Å²) < 4.78 is 0. The predicted octanol–water partition coefficient (Wildman–Crippen LogP) is -0.440. The first kappa shape index (κ1) is 24.4. The number of likely N-dealkylation sites (N-methyl/N-ethyl adjacent to an activating group) is 1. The number of hydrogen-bond donors (Lipinski definition) is 2. The second kappa shape index (κ2) is 13.5. The van der Waals surface area contributed by atoms with Crippen LogP contribution in [-0.2, 0) is 14.4 Å². The molecule has 0 spiro atoms. The van der Waals surface area contributed by atoms with Gasteiger partial charge in [-0.25, -0.2) is 0 Å². The van der Waals surface area contributed by atoms with E-state index in [1.165, 1.54) is 0 Å². The highest BCUT2D eigenvalue weighted by Crippen LogP contribution is 2.19. The Morgan fingerprint density at radius 2 is 1.40 bits per heavy atom. The largest absolute Gasteiger partial charge is 0.545 e. The van der Waals surface area contributed by atoms with Gasteiger partial charge < -0.3 is 35.3 Å². The van der Waals surface area contributed by atoms with Gasteiger partial charge in [-0.3, -0.25) is 4.79 Å². The quantitative estimate of drug-likeness (QED) is 0.536. The number of carbonyl (C=O) groups excluding carboxylic acids is 3. The van der Waals surface area contributed by atoms with E-state index in [1.807, 2.05) is 79.7 Å². The van der Waals surface area contributed by atoms with E-state index in [0.717, 1.165) is 17.8 Å². The Kier molecular flexibility index (Phi) is 11.0. The molecule has 0 aromatic heterocycles. The topological polar surface area (TPSA) is 125 Å². The van der Waals surface area contributed by atoms with Crippen LogP contribution in [0.3, 0.4) is 0 Å². The average molecular weight is 411 g/mol. The van der Waals surface area contributed by atoms with Crippen LogP contribution in [-0.4, -0.2) is 49.9 Å². The number of carbonyl (C=O) groups is 3. The molecule has 30 heavy (non-hydrogen) atoms. The van der Waals surface area contributed by atoms with Gasteiger partial charge in [0, 0.05) is 18.8 Å². The fourth-order valence-electron chi connectivity index (χ4n) is 2.29. The summed E-state index contributed by atoms with van der Waals surface area (Å²) in [6, 6.07) is 19.2. The van der Waals surface area contributed by atoms with Gasteiger partial charge in [0.25, 0.3) is 0 Å². The summed E-state index contributed by atoms with van der Waals surface area (Å²) in [6.07, 6.45) is 0.769. The van der Waals surface area contributed by atoms with Crippen molar-refractivity contribution in [3.63, 3.8) is 0 Å². The molecule has 0 aliphatic carbocycles. The highest BCUT2D eigenvalue weighted by atomic mass is 16.4. The van der Waals surface area contributed by atoms with Crippen LogP contribution in [0.2, 0.25) is 0 Å². The summed E-state index contributed by atoms with van der Waals surface area (Å²) in [5.74, 6) is -3.11. The van der Waals surface area contributed by atoms with E-state index >= 15 is 0 Å². The molecule has 0 aliphatic heterocycles. The van der Waals surface area contributed by atoms with Crippen LogP contribution in [0.5, 0.6) is 0 Å². The second-order valence-electron chi connectivity index (χ2n) is 6.42. The number of nitrogens with one attached hydrogen (secondary N) is 2. The molecule has 2 rings (SSSR count). The lowest BCUT2D eigenvalue weighted by Crippen LogP contribution is -2.37. The molecule has 1 amide bonds. The first-order chi connectivity index (χ1) is 14.3. The SMILES string of the molecule is CN(C)CCNC(=O)C(Nc1ccccc1)c1ccccc1.O=C([O-])/C=C\C(=O)[O-]. The molecule has 2 aromatic carbocycles. The van der Waals surface area contributed by atoms with Crippen LogP contribution in [0.25, 0.3) is 0 Å². The maximum atomic E-state index is 12.5. The molecule has 2 N–H and O–H groups in total. The molecule has 160 valence electrons. The normalized spacial score (nSPS) is 11.3. The van der Waals surface area contributed by atoms with Gasteiger partial charge in [-0.1, -0.05) is 48.5 Å². The van der Waals surface area contributed by atoms with Crippen LogP contribution >= 0.6 is 0 Å². The number of para-hydroxylation sites is 1. The molecule has 0 radical (unpaired) electrons. The number of rotatable bonds is 9. The minimum absolute atomic E-state index is 0.0168. The van der Waals surface area contributed by atoms with Crippen molar-refractivity contribution >= 4 is 23.5 Å². The number of hydrogen-bond acceptors (Lipinski definition) is 7. The monoisotopic (exact) mass is 411 g/mol. The van der Waals surface area contributed by atoms with Crippen LogP contribution < -0.4 is 20.8 Å². The highest BCUT2D eigenvalue weighted by Gasteiger charge is 2.19. The van der Waals surface area contributed by atoms with Crippen LogP contribution in [0.1, 0.15) is 11.6 Å². The molecule has 8 nitrogen and oxygen atoms in total. The lowest BCUT2D eigenvalue weighted by Gasteiger charge is -2.20. The van der Waals surface area contributed by atoms with Crippen molar-refractivity contribution in [1.29, 1.82) is 0 Å². The van der Waals surface area contributed by atoms with E-state index in [1.54, 1.807) is 0 Å². The number of amides is 1. The lowest BCUT2D eigenvalue weighted by atomic mass is 10.1. The van der Waals surface area contributed by atoms with Crippen LogP contribution in [0, 0.1) is 0 Å². The van der Waals surface area contributed by atoms with Gasteiger partial charge in [0.15, 0.2) is 0 Å². The zero-order chi connectivity index (χ0) is 22.4. The van der Waals surface area contributed by atoms with E-state index in [4.69, 9.17) is 0 Å². The summed E-state index contributed by atoms with van der Waals surface area (Å²) in [4.78, 5) is 33.4. The standard InChI is InChI=1S/C18H23N3O.C4H4O4/c1-21(2)14-13-19-18(22)17(15-9-5-3-6-10-15)20-16-11-7-4-8-12-16;5-3(6)1-2-4(7)8/h3-12,17,20H,13-14H2,1-2H3,(H,19,22);1-2H,(H,5,6)(H,7,8)/p-2/b;2-1-. The molecule has 1 atom stereocenters. The van der Waals surface area contributed by atoms with Crippen molar-refractivity contribution in [2.45, 2.75) is 6.04 Å². The number of nitrogens with zero attached hydrogens (tertiary/aromatic N) is 1. The van der Waals surface area contributed by atoms with Crippen molar-refractivity contribution < 1.29 is 24.6 Å². The Morgan fingerprint density at radius 1 is 0.900 bits per heavy atom. The minimum atomic E-state index is -1.55. The Hall–Kier alpha value is -3.65. The number of benzene rings is 2. The molecule has 8 heteroatoms. The molecule has 0 saturated heterocycles. The molecule has 0 saturated carbocycles. The van der Waals surface area contributed by atoms with Gasteiger partial charge in [0.1, 0.15) is 6.04 Å². The van der Waals surface area contributed by atoms with Crippen LogP contribution in [0.15, 0.2) is 72.8 Å². The maximum Gasteiger partial charge on any atom is 0.247 e. The second-order valence-corrected chi connectivity index (χ2v) is 6.42. The molecule has 0 heterocycles. The predicted molar refractivity (Wildman–Crippen MR) is 110 cm³/mol. The van der Waals surface area contributed by atoms with E-state index < -0.39 is 18.0 Å². The van der Waals surface area contributed by atoms with Crippen molar-refractivity contribution in [1.82, 2.24) is 10.2 Å². The van der Waals surface area contributed by atoms with Crippen molar-refractivity contribution in [3.8, 4) is 0 Å². The summed E-state index contributed by atoms with van der Waals surface area (Å²) >= 11 is 0. The minimum Gasteiger partial charge on any atom is -0.545 e. The van der Waals surface area contributed by atoms with Gasteiger partial charge in [-0.05, 0) is 43.9 Å². The molecule has 0 fully saturated rings. The molecule has 0 bridgehead atoms. The summed E-state index contributed by atoms with van der Waals surface area (Å²) in [7, 11) is 3.98. The van der Waals surface area contributed by atoms with Gasteiger partial charge in [-0.2, -0.15) is 0 Å². The molecular formula is C22H25N3O5-2. The van der Waals surface area contributed by atoms with Gasteiger partial charge >= 0.3 is 0 Å². The number of carboxylic acids is 2. The van der Waals surface area contributed by atoms with Gasteiger partial charge in [-0.15, -0.1) is 0 Å². The van der Waals surface area contributed by atoms with Crippen molar-refractivity contribution in [2.75, 3.05) is 32.5 Å². The van der Waals surface area contributed by atoms with Gasteiger partial charge in [0.05, 0.1) is 11.9 Å². The molecule has 0 aliphatic rings. The van der Waals surface area contributed by atoms with E-state index in [2.05, 4.69) is 10.6 Å². The maximum absolute atomic E-state index is 12.5. The first-order valence-electron chi connectivity index (χ1n) is 9.18. The number of anilines is 1. The molecular weight excluding hydrogens is 386 g/mol. The Labute approximate surface area is 175 Å². The first-order valence-corrected chi connectivity index (χ1v) is 9.18. The lowest BCUT2D eigenvalue weighted by molar-refractivity contribution is -0.301. The third kappa shape index (κ3) is 10.6. The van der Waals surface area contributed by atoms with Crippen molar-refractivity contribution in [3.05, 3.63) is 78.4 Å². The highest BCUT2D eigenvalue weighted by molar-refractivity contribution is 5.87. The van der Waals surface area contributed by atoms with E-state index in [-0.39, 0.29) is 5.91 Å². The smallest absolute Gasteiger partial charge is 0.247 e. The fraction of sp³-hybridized carbons (Fsp3) is 0.227. The number of aliphatic carboxylic acids is 2. The Balaban J connectivity index is 0.000000479. The third-order valence-corrected chi connectivity index (χ3v) is 3.69. The van der Waals surface area contributed by atoms with Gasteiger partial charge in [0.2, 0.25) is 5.91 Å². The molecule has 1 unspecified atom stereocenters. The zero-order valence-corrected chi connectivity index (χ0v) is 16.9. The van der Waals surface area contributed by atoms with E-state index in [9.17, 15) is 24.6 Å². The molecule has 2 aromatic rings. The fourth-order valence-corrected chi connectivity index (χ4v) is 2.29. The zero-order valence-electron chi connectivity index (χ0n) is 16.9. The van der Waals surface area contributed by atoms with Crippen LogP contribution in [0.4, 0.5) is 5.69 Å². The van der Waals surface area contributed by atoms with Crippen molar-refractivity contribution in [2.24, 2.45) is 0 Å². The number of carboxylic acid groups (broad SMARTS) is 2. The summed E-state index contributed by atoms with van der Waals surface area (Å²) in [6.45, 7) is 1.45.